The predicted molar refractivity (Wildman–Crippen MR) is 87.3 cm³/mol. The van der Waals surface area contributed by atoms with Crippen molar-refractivity contribution in [2.45, 2.75) is 32.8 Å². The number of rotatable bonds is 6. The van der Waals surface area contributed by atoms with E-state index < -0.39 is 0 Å². The first-order valence-corrected chi connectivity index (χ1v) is 8.20. The van der Waals surface area contributed by atoms with Crippen molar-refractivity contribution in [3.63, 3.8) is 0 Å². The van der Waals surface area contributed by atoms with Crippen LogP contribution in [0.2, 0.25) is 5.02 Å². The van der Waals surface area contributed by atoms with E-state index in [1.54, 1.807) is 24.3 Å². The molecule has 1 aliphatic rings. The van der Waals surface area contributed by atoms with Gasteiger partial charge < -0.3 is 14.8 Å². The zero-order valence-corrected chi connectivity index (χ0v) is 13.9. The standard InChI is InChI=1S/C17H24ClNO3/c1-12(2)17-13(4-3-9-21-17)10-19-16(20)11-22-15-7-5-14(18)6-8-15/h5-8,12-13,17H,3-4,9-11H2,1-2H3,(H,19,20)/t13-,17+/m1/s1. The van der Waals surface area contributed by atoms with Gasteiger partial charge in [0, 0.05) is 24.1 Å². The molecule has 1 amide bonds. The Hall–Kier alpha value is -1.26. The van der Waals surface area contributed by atoms with Gasteiger partial charge in [0.05, 0.1) is 6.10 Å². The zero-order chi connectivity index (χ0) is 15.9. The predicted octanol–water partition coefficient (Wildman–Crippen LogP) is 3.29. The molecular formula is C17H24ClNO3. The van der Waals surface area contributed by atoms with Gasteiger partial charge in [-0.15, -0.1) is 0 Å². The largest absolute Gasteiger partial charge is 0.484 e. The summed E-state index contributed by atoms with van der Waals surface area (Å²) >= 11 is 5.80. The fraction of sp³-hybridized carbons (Fsp3) is 0.588. The Bertz CT molecular complexity index is 475. The van der Waals surface area contributed by atoms with E-state index in [4.69, 9.17) is 21.1 Å². The molecule has 1 saturated heterocycles. The Morgan fingerprint density at radius 2 is 2.14 bits per heavy atom. The van der Waals surface area contributed by atoms with E-state index in [1.165, 1.54) is 0 Å². The van der Waals surface area contributed by atoms with E-state index in [9.17, 15) is 4.79 Å². The smallest absolute Gasteiger partial charge is 0.257 e. The van der Waals surface area contributed by atoms with E-state index in [0.717, 1.165) is 19.4 Å². The number of hydrogen-bond acceptors (Lipinski definition) is 3. The van der Waals surface area contributed by atoms with Crippen LogP contribution in [-0.2, 0) is 9.53 Å². The summed E-state index contributed by atoms with van der Waals surface area (Å²) in [6.45, 7) is 5.81. The fourth-order valence-electron chi connectivity index (χ4n) is 2.80. The van der Waals surface area contributed by atoms with Crippen molar-refractivity contribution in [3.8, 4) is 5.75 Å². The van der Waals surface area contributed by atoms with Crippen molar-refractivity contribution in [2.24, 2.45) is 11.8 Å². The van der Waals surface area contributed by atoms with Gasteiger partial charge in [-0.25, -0.2) is 0 Å². The quantitative estimate of drug-likeness (QED) is 0.873. The van der Waals surface area contributed by atoms with Gasteiger partial charge in [-0.05, 0) is 43.0 Å². The van der Waals surface area contributed by atoms with Crippen molar-refractivity contribution >= 4 is 17.5 Å². The second kappa shape index (κ2) is 8.39. The second-order valence-corrected chi connectivity index (χ2v) is 6.46. The molecule has 0 aromatic heterocycles. The zero-order valence-electron chi connectivity index (χ0n) is 13.2. The minimum atomic E-state index is -0.108. The maximum atomic E-state index is 11.9. The van der Waals surface area contributed by atoms with Crippen LogP contribution < -0.4 is 10.1 Å². The molecule has 1 N–H and O–H groups in total. The second-order valence-electron chi connectivity index (χ2n) is 6.03. The van der Waals surface area contributed by atoms with E-state index in [2.05, 4.69) is 19.2 Å². The highest BCUT2D eigenvalue weighted by Gasteiger charge is 2.28. The van der Waals surface area contributed by atoms with Crippen LogP contribution in [0.15, 0.2) is 24.3 Å². The topological polar surface area (TPSA) is 47.6 Å². The van der Waals surface area contributed by atoms with Gasteiger partial charge in [-0.3, -0.25) is 4.79 Å². The lowest BCUT2D eigenvalue weighted by molar-refractivity contribution is -0.124. The molecule has 0 bridgehead atoms. The van der Waals surface area contributed by atoms with Crippen LogP contribution in [0.4, 0.5) is 0 Å². The summed E-state index contributed by atoms with van der Waals surface area (Å²) in [5, 5.41) is 3.60. The number of hydrogen-bond donors (Lipinski definition) is 1. The van der Waals surface area contributed by atoms with Crippen LogP contribution in [-0.4, -0.2) is 31.8 Å². The maximum Gasteiger partial charge on any atom is 0.257 e. The van der Waals surface area contributed by atoms with Crippen LogP contribution in [0.5, 0.6) is 5.75 Å². The molecule has 0 unspecified atom stereocenters. The van der Waals surface area contributed by atoms with Gasteiger partial charge in [0.25, 0.3) is 5.91 Å². The summed E-state index contributed by atoms with van der Waals surface area (Å²) in [6.07, 6.45) is 2.39. The highest BCUT2D eigenvalue weighted by molar-refractivity contribution is 6.30. The number of amides is 1. The fourth-order valence-corrected chi connectivity index (χ4v) is 2.92. The maximum absolute atomic E-state index is 11.9. The molecule has 0 aliphatic carbocycles. The monoisotopic (exact) mass is 325 g/mol. The molecule has 0 radical (unpaired) electrons. The molecular weight excluding hydrogens is 302 g/mol. The molecule has 5 heteroatoms. The van der Waals surface area contributed by atoms with Crippen molar-refractivity contribution in [3.05, 3.63) is 29.3 Å². The Morgan fingerprint density at radius 3 is 2.82 bits per heavy atom. The molecule has 1 aromatic carbocycles. The Morgan fingerprint density at radius 1 is 1.41 bits per heavy atom. The van der Waals surface area contributed by atoms with Gasteiger partial charge >= 0.3 is 0 Å². The first-order chi connectivity index (χ1) is 10.6. The van der Waals surface area contributed by atoms with Crippen LogP contribution in [0.25, 0.3) is 0 Å². The Kier molecular flexibility index (Phi) is 6.52. The molecule has 22 heavy (non-hydrogen) atoms. The molecule has 122 valence electrons. The first kappa shape index (κ1) is 17.1. The molecule has 0 saturated carbocycles. The molecule has 1 aromatic rings. The summed E-state index contributed by atoms with van der Waals surface area (Å²) < 4.78 is 11.3. The normalized spacial score (nSPS) is 21.6. The van der Waals surface area contributed by atoms with Gasteiger partial charge in [-0.2, -0.15) is 0 Å². The molecule has 2 atom stereocenters. The number of carbonyl (C=O) groups is 1. The van der Waals surface area contributed by atoms with E-state index in [-0.39, 0.29) is 18.6 Å². The average molecular weight is 326 g/mol. The summed E-state index contributed by atoms with van der Waals surface area (Å²) in [4.78, 5) is 11.9. The number of ether oxygens (including phenoxy) is 2. The summed E-state index contributed by atoms with van der Waals surface area (Å²) in [7, 11) is 0. The highest BCUT2D eigenvalue weighted by Crippen LogP contribution is 2.25. The summed E-state index contributed by atoms with van der Waals surface area (Å²) in [5.74, 6) is 1.38. The Balaban J connectivity index is 1.73. The number of nitrogens with one attached hydrogen (secondary N) is 1. The van der Waals surface area contributed by atoms with Crippen molar-refractivity contribution in [2.75, 3.05) is 19.8 Å². The number of carbonyl (C=O) groups excluding carboxylic acids is 1. The molecule has 2 rings (SSSR count). The Labute approximate surface area is 137 Å². The number of benzene rings is 1. The minimum absolute atomic E-state index is 0.0154. The molecule has 4 nitrogen and oxygen atoms in total. The highest BCUT2D eigenvalue weighted by atomic mass is 35.5. The van der Waals surface area contributed by atoms with Crippen LogP contribution >= 0.6 is 11.6 Å². The number of halogens is 1. The first-order valence-electron chi connectivity index (χ1n) is 7.83. The van der Waals surface area contributed by atoms with E-state index in [1.807, 2.05) is 0 Å². The molecule has 1 fully saturated rings. The third-order valence-electron chi connectivity index (χ3n) is 3.90. The van der Waals surface area contributed by atoms with Gasteiger partial charge in [0.2, 0.25) is 0 Å². The lowest BCUT2D eigenvalue weighted by Gasteiger charge is -2.34. The van der Waals surface area contributed by atoms with Crippen molar-refractivity contribution in [1.29, 1.82) is 0 Å². The van der Waals surface area contributed by atoms with Crippen LogP contribution in [0.1, 0.15) is 26.7 Å². The average Bonchev–Trinajstić information content (AvgIpc) is 2.52. The lowest BCUT2D eigenvalue weighted by Crippen LogP contribution is -2.42. The molecule has 1 aliphatic heterocycles. The van der Waals surface area contributed by atoms with Crippen LogP contribution in [0, 0.1) is 11.8 Å². The van der Waals surface area contributed by atoms with E-state index in [0.29, 0.717) is 29.2 Å². The summed E-state index contributed by atoms with van der Waals surface area (Å²) in [5.41, 5.74) is 0. The van der Waals surface area contributed by atoms with Gasteiger partial charge in [0.15, 0.2) is 6.61 Å². The van der Waals surface area contributed by atoms with Crippen molar-refractivity contribution in [1.82, 2.24) is 5.32 Å². The molecule has 1 heterocycles. The SMILES string of the molecule is CC(C)[C@@H]1OCCC[C@@H]1CNC(=O)COc1ccc(Cl)cc1. The van der Waals surface area contributed by atoms with Crippen molar-refractivity contribution < 1.29 is 14.3 Å². The lowest BCUT2D eigenvalue weighted by atomic mass is 9.87. The van der Waals surface area contributed by atoms with Gasteiger partial charge in [0.1, 0.15) is 5.75 Å². The third-order valence-corrected chi connectivity index (χ3v) is 4.15. The van der Waals surface area contributed by atoms with Crippen LogP contribution in [0.3, 0.4) is 0 Å². The van der Waals surface area contributed by atoms with E-state index >= 15 is 0 Å². The third kappa shape index (κ3) is 5.18. The van der Waals surface area contributed by atoms with Gasteiger partial charge in [-0.1, -0.05) is 25.4 Å². The minimum Gasteiger partial charge on any atom is -0.484 e. The molecule has 0 spiro atoms. The summed E-state index contributed by atoms with van der Waals surface area (Å²) in [6, 6.07) is 6.97.